The molecule has 0 N–H and O–H groups in total. The second-order valence-corrected chi connectivity index (χ2v) is 5.90. The van der Waals surface area contributed by atoms with E-state index in [9.17, 15) is 0 Å². The first-order chi connectivity index (χ1) is 11.4. The third-order valence-corrected chi connectivity index (χ3v) is 3.85. The van der Waals surface area contributed by atoms with E-state index >= 15 is 0 Å². The van der Waals surface area contributed by atoms with Gasteiger partial charge >= 0.3 is 0 Å². The standard InChI is InChI=1S/C19H30O4/c1-3-9-18(10-4-1)22-16-8-13-20-12-7-14-21-17-19-11-5-2-6-15-23-19/h1,3-4,9-10,19H,2,5-8,11-17H2. The Bertz CT molecular complexity index is 374. The topological polar surface area (TPSA) is 36.9 Å². The van der Waals surface area contributed by atoms with Gasteiger partial charge in [0.15, 0.2) is 0 Å². The van der Waals surface area contributed by atoms with Crippen LogP contribution in [0.25, 0.3) is 0 Å². The molecule has 1 aliphatic heterocycles. The molecule has 1 aliphatic rings. The summed E-state index contributed by atoms with van der Waals surface area (Å²) in [5, 5.41) is 0. The van der Waals surface area contributed by atoms with Gasteiger partial charge in [-0.2, -0.15) is 0 Å². The van der Waals surface area contributed by atoms with Gasteiger partial charge < -0.3 is 18.9 Å². The normalized spacial score (nSPS) is 18.5. The van der Waals surface area contributed by atoms with E-state index in [-0.39, 0.29) is 0 Å². The second-order valence-electron chi connectivity index (χ2n) is 5.90. The number of para-hydroxylation sites is 1. The van der Waals surface area contributed by atoms with E-state index in [1.54, 1.807) is 0 Å². The maximum absolute atomic E-state index is 5.74. The van der Waals surface area contributed by atoms with E-state index in [1.165, 1.54) is 19.3 Å². The molecule has 1 aromatic carbocycles. The molecule has 130 valence electrons. The second kappa shape index (κ2) is 12.3. The zero-order valence-corrected chi connectivity index (χ0v) is 14.1. The van der Waals surface area contributed by atoms with Crippen LogP contribution in [0.3, 0.4) is 0 Å². The molecule has 1 aromatic rings. The molecule has 4 heteroatoms. The van der Waals surface area contributed by atoms with Crippen LogP contribution in [-0.4, -0.2) is 45.7 Å². The summed E-state index contributed by atoms with van der Waals surface area (Å²) in [6, 6.07) is 9.88. The van der Waals surface area contributed by atoms with Crippen LogP contribution in [0.1, 0.15) is 38.5 Å². The summed E-state index contributed by atoms with van der Waals surface area (Å²) in [6.45, 7) is 4.54. The summed E-state index contributed by atoms with van der Waals surface area (Å²) in [6.07, 6.45) is 7.03. The Kier molecular flexibility index (Phi) is 9.79. The first kappa shape index (κ1) is 18.2. The van der Waals surface area contributed by atoms with Crippen LogP contribution in [0, 0.1) is 0 Å². The Labute approximate surface area is 140 Å². The number of rotatable bonds is 11. The van der Waals surface area contributed by atoms with Gasteiger partial charge in [0.1, 0.15) is 5.75 Å². The van der Waals surface area contributed by atoms with Crippen molar-refractivity contribution in [3.05, 3.63) is 30.3 Å². The van der Waals surface area contributed by atoms with Crippen LogP contribution < -0.4 is 4.74 Å². The zero-order chi connectivity index (χ0) is 16.0. The third kappa shape index (κ3) is 8.94. The van der Waals surface area contributed by atoms with Gasteiger partial charge in [0.05, 0.1) is 19.3 Å². The average Bonchev–Trinajstić information content (AvgIpc) is 2.86. The van der Waals surface area contributed by atoms with E-state index in [4.69, 9.17) is 18.9 Å². The summed E-state index contributed by atoms with van der Waals surface area (Å²) < 4.78 is 22.6. The van der Waals surface area contributed by atoms with Crippen molar-refractivity contribution in [2.45, 2.75) is 44.6 Å². The van der Waals surface area contributed by atoms with Gasteiger partial charge in [0.25, 0.3) is 0 Å². The fraction of sp³-hybridized carbons (Fsp3) is 0.684. The van der Waals surface area contributed by atoms with E-state index < -0.39 is 0 Å². The van der Waals surface area contributed by atoms with Gasteiger partial charge in [-0.3, -0.25) is 0 Å². The maximum Gasteiger partial charge on any atom is 0.119 e. The monoisotopic (exact) mass is 322 g/mol. The molecule has 0 bridgehead atoms. The molecule has 0 aromatic heterocycles. The average molecular weight is 322 g/mol. The highest BCUT2D eigenvalue weighted by Gasteiger charge is 2.12. The minimum Gasteiger partial charge on any atom is -0.494 e. The lowest BCUT2D eigenvalue weighted by atomic mass is 10.1. The van der Waals surface area contributed by atoms with Gasteiger partial charge in [0.2, 0.25) is 0 Å². The summed E-state index contributed by atoms with van der Waals surface area (Å²) in [4.78, 5) is 0. The fourth-order valence-corrected chi connectivity index (χ4v) is 2.56. The Hall–Kier alpha value is -1.10. The molecular formula is C19H30O4. The van der Waals surface area contributed by atoms with Crippen molar-refractivity contribution in [2.75, 3.05) is 39.6 Å². The smallest absolute Gasteiger partial charge is 0.119 e. The first-order valence-corrected chi connectivity index (χ1v) is 8.90. The molecule has 23 heavy (non-hydrogen) atoms. The van der Waals surface area contributed by atoms with Crippen LogP contribution in [0.5, 0.6) is 5.75 Å². The van der Waals surface area contributed by atoms with E-state index in [0.29, 0.717) is 12.7 Å². The fourth-order valence-electron chi connectivity index (χ4n) is 2.56. The molecule has 2 rings (SSSR count). The molecule has 0 saturated carbocycles. The van der Waals surface area contributed by atoms with Crippen LogP contribution in [-0.2, 0) is 14.2 Å². The number of benzene rings is 1. The quantitative estimate of drug-likeness (QED) is 0.580. The molecule has 0 amide bonds. The molecule has 1 atom stereocenters. The van der Waals surface area contributed by atoms with Crippen molar-refractivity contribution in [3.63, 3.8) is 0 Å². The largest absolute Gasteiger partial charge is 0.494 e. The Morgan fingerprint density at radius 1 is 0.870 bits per heavy atom. The lowest BCUT2D eigenvalue weighted by molar-refractivity contribution is -0.0183. The molecule has 1 unspecified atom stereocenters. The molecule has 4 nitrogen and oxygen atoms in total. The third-order valence-electron chi connectivity index (χ3n) is 3.85. The van der Waals surface area contributed by atoms with Crippen molar-refractivity contribution in [1.82, 2.24) is 0 Å². The molecule has 0 aliphatic carbocycles. The van der Waals surface area contributed by atoms with Gasteiger partial charge in [0, 0.05) is 32.8 Å². The van der Waals surface area contributed by atoms with Crippen LogP contribution in [0.15, 0.2) is 30.3 Å². The number of hydrogen-bond acceptors (Lipinski definition) is 4. The molecule has 0 spiro atoms. The van der Waals surface area contributed by atoms with E-state index in [0.717, 1.165) is 58.0 Å². The predicted octanol–water partition coefficient (Wildman–Crippen LogP) is 3.84. The molecule has 0 radical (unpaired) electrons. The van der Waals surface area contributed by atoms with Crippen molar-refractivity contribution in [3.8, 4) is 5.75 Å². The van der Waals surface area contributed by atoms with Crippen molar-refractivity contribution in [1.29, 1.82) is 0 Å². The zero-order valence-electron chi connectivity index (χ0n) is 14.1. The lowest BCUT2D eigenvalue weighted by Gasteiger charge is -2.15. The van der Waals surface area contributed by atoms with Gasteiger partial charge in [-0.15, -0.1) is 0 Å². The highest BCUT2D eigenvalue weighted by Crippen LogP contribution is 2.13. The number of hydrogen-bond donors (Lipinski definition) is 0. The minimum atomic E-state index is 0.300. The van der Waals surface area contributed by atoms with E-state index in [1.807, 2.05) is 30.3 Å². The summed E-state index contributed by atoms with van der Waals surface area (Å²) in [5.41, 5.74) is 0. The lowest BCUT2D eigenvalue weighted by Crippen LogP contribution is -2.19. The van der Waals surface area contributed by atoms with Gasteiger partial charge in [-0.05, 0) is 31.4 Å². The molecule has 1 heterocycles. The predicted molar refractivity (Wildman–Crippen MR) is 91.0 cm³/mol. The highest BCUT2D eigenvalue weighted by atomic mass is 16.5. The Balaban J connectivity index is 1.34. The molecular weight excluding hydrogens is 292 g/mol. The minimum absolute atomic E-state index is 0.300. The van der Waals surface area contributed by atoms with Crippen molar-refractivity contribution >= 4 is 0 Å². The van der Waals surface area contributed by atoms with Crippen molar-refractivity contribution in [2.24, 2.45) is 0 Å². The summed E-state index contributed by atoms with van der Waals surface area (Å²) >= 11 is 0. The summed E-state index contributed by atoms with van der Waals surface area (Å²) in [5.74, 6) is 0.918. The highest BCUT2D eigenvalue weighted by molar-refractivity contribution is 5.20. The first-order valence-electron chi connectivity index (χ1n) is 8.90. The van der Waals surface area contributed by atoms with Crippen molar-refractivity contribution < 1.29 is 18.9 Å². The van der Waals surface area contributed by atoms with Crippen LogP contribution in [0.2, 0.25) is 0 Å². The van der Waals surface area contributed by atoms with E-state index in [2.05, 4.69) is 0 Å². The Morgan fingerprint density at radius 2 is 1.65 bits per heavy atom. The maximum atomic E-state index is 5.74. The van der Waals surface area contributed by atoms with Crippen LogP contribution in [0.4, 0.5) is 0 Å². The molecule has 1 fully saturated rings. The Morgan fingerprint density at radius 3 is 2.52 bits per heavy atom. The summed E-state index contributed by atoms with van der Waals surface area (Å²) in [7, 11) is 0. The van der Waals surface area contributed by atoms with Gasteiger partial charge in [-0.1, -0.05) is 31.0 Å². The molecule has 1 saturated heterocycles. The van der Waals surface area contributed by atoms with Gasteiger partial charge in [-0.25, -0.2) is 0 Å². The number of ether oxygens (including phenoxy) is 4. The SMILES string of the molecule is c1ccc(OCCCOCCCOCC2CCCCCO2)cc1. The van der Waals surface area contributed by atoms with Crippen LogP contribution >= 0.6 is 0 Å².